The van der Waals surface area contributed by atoms with Gasteiger partial charge in [-0.05, 0) is 42.8 Å². The highest BCUT2D eigenvalue weighted by Gasteiger charge is 2.18. The standard InChI is InChI=1S/C18H16FN5O2S2/c1-10-16(17(20)24-23-10)18-22-14-7-6-13(8-15(14)27-18)28(25,26)21-9-11-2-4-12(19)5-3-11/h2-8,21H,9H2,1H3,(H3,20,23,24). The summed E-state index contributed by atoms with van der Waals surface area (Å²) < 4.78 is 41.5. The van der Waals surface area contributed by atoms with Gasteiger partial charge in [0.15, 0.2) is 5.82 Å². The monoisotopic (exact) mass is 417 g/mol. The Labute approximate surface area is 164 Å². The predicted molar refractivity (Wildman–Crippen MR) is 107 cm³/mol. The topological polar surface area (TPSA) is 114 Å². The van der Waals surface area contributed by atoms with Crippen molar-refractivity contribution in [3.05, 3.63) is 59.5 Å². The maximum atomic E-state index is 13.0. The molecule has 0 aliphatic rings. The first-order valence-electron chi connectivity index (χ1n) is 8.29. The van der Waals surface area contributed by atoms with Gasteiger partial charge in [0.25, 0.3) is 0 Å². The average Bonchev–Trinajstić information content (AvgIpc) is 3.23. The van der Waals surface area contributed by atoms with Crippen LogP contribution >= 0.6 is 11.3 Å². The van der Waals surface area contributed by atoms with E-state index in [2.05, 4.69) is 19.9 Å². The molecule has 7 nitrogen and oxygen atoms in total. The van der Waals surface area contributed by atoms with Crippen molar-refractivity contribution in [1.29, 1.82) is 0 Å². The van der Waals surface area contributed by atoms with Crippen molar-refractivity contribution in [1.82, 2.24) is 19.9 Å². The number of benzene rings is 2. The Kier molecular flexibility index (Phi) is 4.61. The quantitative estimate of drug-likeness (QED) is 0.461. The third-order valence-corrected chi connectivity index (χ3v) is 6.67. The van der Waals surface area contributed by atoms with Crippen LogP contribution in [-0.4, -0.2) is 23.6 Å². The fraction of sp³-hybridized carbons (Fsp3) is 0.111. The molecule has 4 N–H and O–H groups in total. The number of aryl methyl sites for hydroxylation is 1. The average molecular weight is 417 g/mol. The number of rotatable bonds is 5. The second-order valence-corrected chi connectivity index (χ2v) is 9.01. The zero-order chi connectivity index (χ0) is 19.9. The summed E-state index contributed by atoms with van der Waals surface area (Å²) in [4.78, 5) is 4.66. The van der Waals surface area contributed by atoms with E-state index in [0.29, 0.717) is 21.9 Å². The number of aromatic nitrogens is 3. The summed E-state index contributed by atoms with van der Waals surface area (Å²) in [5.74, 6) is -0.0167. The molecule has 0 fully saturated rings. The highest BCUT2D eigenvalue weighted by Crippen LogP contribution is 2.35. The van der Waals surface area contributed by atoms with Gasteiger partial charge >= 0.3 is 0 Å². The Bertz CT molecular complexity index is 1240. The molecular formula is C18H16FN5O2S2. The van der Waals surface area contributed by atoms with Crippen molar-refractivity contribution in [2.24, 2.45) is 0 Å². The molecule has 0 aliphatic carbocycles. The summed E-state index contributed by atoms with van der Waals surface area (Å²) in [5, 5.41) is 7.46. The lowest BCUT2D eigenvalue weighted by atomic mass is 10.2. The van der Waals surface area contributed by atoms with Crippen molar-refractivity contribution in [2.75, 3.05) is 5.73 Å². The molecule has 0 aliphatic heterocycles. The van der Waals surface area contributed by atoms with Gasteiger partial charge in [-0.15, -0.1) is 11.3 Å². The van der Waals surface area contributed by atoms with Crippen molar-refractivity contribution in [3.8, 4) is 10.6 Å². The maximum Gasteiger partial charge on any atom is 0.240 e. The number of hydrogen-bond donors (Lipinski definition) is 3. The molecule has 0 amide bonds. The van der Waals surface area contributed by atoms with Crippen molar-refractivity contribution < 1.29 is 12.8 Å². The smallest absolute Gasteiger partial charge is 0.240 e. The van der Waals surface area contributed by atoms with Gasteiger partial charge in [-0.1, -0.05) is 12.1 Å². The summed E-state index contributed by atoms with van der Waals surface area (Å²) in [6.45, 7) is 1.92. The SMILES string of the molecule is Cc1[nH]nc(N)c1-c1nc2ccc(S(=O)(=O)NCc3ccc(F)cc3)cc2s1. The van der Waals surface area contributed by atoms with E-state index in [1.165, 1.54) is 41.7 Å². The number of sulfonamides is 1. The van der Waals surface area contributed by atoms with Crippen molar-refractivity contribution in [3.63, 3.8) is 0 Å². The van der Waals surface area contributed by atoms with Crippen LogP contribution in [0.2, 0.25) is 0 Å². The number of halogens is 1. The van der Waals surface area contributed by atoms with Gasteiger partial charge in [0.1, 0.15) is 10.8 Å². The molecule has 0 atom stereocenters. The van der Waals surface area contributed by atoms with Crippen LogP contribution in [0.3, 0.4) is 0 Å². The van der Waals surface area contributed by atoms with E-state index in [-0.39, 0.29) is 17.3 Å². The van der Waals surface area contributed by atoms with E-state index in [4.69, 9.17) is 5.73 Å². The van der Waals surface area contributed by atoms with Crippen LogP contribution in [0, 0.1) is 12.7 Å². The maximum absolute atomic E-state index is 13.0. The predicted octanol–water partition coefficient (Wildman–Crippen LogP) is 3.19. The van der Waals surface area contributed by atoms with Gasteiger partial charge in [0.05, 0.1) is 20.7 Å². The molecule has 0 saturated carbocycles. The summed E-state index contributed by atoms with van der Waals surface area (Å²) >= 11 is 1.34. The molecular weight excluding hydrogens is 401 g/mol. The number of thiazole rings is 1. The lowest BCUT2D eigenvalue weighted by Gasteiger charge is -2.07. The Hall–Kier alpha value is -2.82. The summed E-state index contributed by atoms with van der Waals surface area (Å²) in [7, 11) is -3.73. The molecule has 10 heteroatoms. The van der Waals surface area contributed by atoms with Gasteiger partial charge in [-0.3, -0.25) is 5.10 Å². The molecule has 2 heterocycles. The second kappa shape index (κ2) is 6.97. The number of aromatic amines is 1. The Balaban J connectivity index is 1.62. The summed E-state index contributed by atoms with van der Waals surface area (Å²) in [6, 6.07) is 10.4. The van der Waals surface area contributed by atoms with E-state index >= 15 is 0 Å². The molecule has 2 aromatic carbocycles. The normalized spacial score (nSPS) is 11.9. The number of nitrogens with zero attached hydrogens (tertiary/aromatic N) is 2. The van der Waals surface area contributed by atoms with E-state index < -0.39 is 10.0 Å². The van der Waals surface area contributed by atoms with Crippen LogP contribution in [0.4, 0.5) is 10.2 Å². The minimum absolute atomic E-state index is 0.0688. The summed E-state index contributed by atoms with van der Waals surface area (Å²) in [6.07, 6.45) is 0. The fourth-order valence-electron chi connectivity index (χ4n) is 2.76. The van der Waals surface area contributed by atoms with E-state index in [1.807, 2.05) is 6.92 Å². The number of nitrogens with one attached hydrogen (secondary N) is 2. The van der Waals surface area contributed by atoms with Crippen LogP contribution < -0.4 is 10.5 Å². The number of nitrogens with two attached hydrogens (primary N) is 1. The molecule has 0 unspecified atom stereocenters. The second-order valence-electron chi connectivity index (χ2n) is 6.21. The molecule has 4 rings (SSSR count). The number of H-pyrrole nitrogens is 1. The van der Waals surface area contributed by atoms with Crippen LogP contribution in [0.1, 0.15) is 11.3 Å². The van der Waals surface area contributed by atoms with Crippen molar-refractivity contribution in [2.45, 2.75) is 18.4 Å². The minimum atomic E-state index is -3.73. The molecule has 0 radical (unpaired) electrons. The van der Waals surface area contributed by atoms with Crippen LogP contribution in [0.15, 0.2) is 47.4 Å². The molecule has 144 valence electrons. The fourth-order valence-corrected chi connectivity index (χ4v) is 5.00. The molecule has 28 heavy (non-hydrogen) atoms. The van der Waals surface area contributed by atoms with Crippen molar-refractivity contribution >= 4 is 37.4 Å². The van der Waals surface area contributed by atoms with Crippen LogP contribution in [-0.2, 0) is 16.6 Å². The molecule has 0 spiro atoms. The zero-order valence-corrected chi connectivity index (χ0v) is 16.4. The van der Waals surface area contributed by atoms with E-state index in [9.17, 15) is 12.8 Å². The van der Waals surface area contributed by atoms with Gasteiger partial charge in [0.2, 0.25) is 10.0 Å². The summed E-state index contributed by atoms with van der Waals surface area (Å²) in [5.41, 5.74) is 8.75. The lowest BCUT2D eigenvalue weighted by molar-refractivity contribution is 0.581. The van der Waals surface area contributed by atoms with Gasteiger partial charge in [0, 0.05) is 12.2 Å². The molecule has 0 saturated heterocycles. The first-order valence-corrected chi connectivity index (χ1v) is 10.6. The first-order chi connectivity index (χ1) is 13.3. The Morgan fingerprint density at radius 1 is 1.21 bits per heavy atom. The van der Waals surface area contributed by atoms with E-state index in [1.54, 1.807) is 12.1 Å². The molecule has 4 aromatic rings. The highest BCUT2D eigenvalue weighted by atomic mass is 32.2. The minimum Gasteiger partial charge on any atom is -0.382 e. The van der Waals surface area contributed by atoms with Crippen LogP contribution in [0.5, 0.6) is 0 Å². The molecule has 0 bridgehead atoms. The Morgan fingerprint density at radius 2 is 1.96 bits per heavy atom. The first kappa shape index (κ1) is 18.5. The third kappa shape index (κ3) is 3.49. The zero-order valence-electron chi connectivity index (χ0n) is 14.7. The van der Waals surface area contributed by atoms with Crippen LogP contribution in [0.25, 0.3) is 20.8 Å². The Morgan fingerprint density at radius 3 is 2.64 bits per heavy atom. The molecule has 2 aromatic heterocycles. The number of fused-ring (bicyclic) bond motifs is 1. The number of nitrogen functional groups attached to an aromatic ring is 1. The van der Waals surface area contributed by atoms with E-state index in [0.717, 1.165) is 16.0 Å². The lowest BCUT2D eigenvalue weighted by Crippen LogP contribution is -2.23. The third-order valence-electron chi connectivity index (χ3n) is 4.24. The number of anilines is 1. The largest absolute Gasteiger partial charge is 0.382 e. The highest BCUT2D eigenvalue weighted by molar-refractivity contribution is 7.89. The van der Waals surface area contributed by atoms with Gasteiger partial charge in [-0.2, -0.15) is 5.10 Å². The van der Waals surface area contributed by atoms with Gasteiger partial charge < -0.3 is 5.73 Å². The van der Waals surface area contributed by atoms with Gasteiger partial charge in [-0.25, -0.2) is 22.5 Å². The number of hydrogen-bond acceptors (Lipinski definition) is 6.